The van der Waals surface area contributed by atoms with E-state index in [2.05, 4.69) is 5.32 Å². The van der Waals surface area contributed by atoms with E-state index in [4.69, 9.17) is 23.5 Å². The van der Waals surface area contributed by atoms with Crippen molar-refractivity contribution < 1.29 is 4.39 Å². The molecule has 0 amide bonds. The van der Waals surface area contributed by atoms with Crippen LogP contribution in [0.15, 0.2) is 18.2 Å². The summed E-state index contributed by atoms with van der Waals surface area (Å²) in [6, 6.07) is 4.83. The van der Waals surface area contributed by atoms with E-state index in [1.54, 1.807) is 6.07 Å². The van der Waals surface area contributed by atoms with Crippen LogP contribution < -0.4 is 5.32 Å². The SMILES string of the molecule is [B]C([B])([B])Nc1ccc(C(C)C)cc1F. The summed E-state index contributed by atoms with van der Waals surface area (Å²) in [6.07, 6.45) is 0. The van der Waals surface area contributed by atoms with Gasteiger partial charge in [0.2, 0.25) is 0 Å². The van der Waals surface area contributed by atoms with Gasteiger partial charge in [0.25, 0.3) is 0 Å². The Morgan fingerprint density at radius 1 is 1.27 bits per heavy atom. The van der Waals surface area contributed by atoms with Crippen molar-refractivity contribution in [3.8, 4) is 0 Å². The smallest absolute Gasteiger partial charge is 0.146 e. The fourth-order valence-corrected chi connectivity index (χ4v) is 1.23. The van der Waals surface area contributed by atoms with E-state index < -0.39 is 11.1 Å². The quantitative estimate of drug-likeness (QED) is 0.723. The van der Waals surface area contributed by atoms with Gasteiger partial charge in [-0.1, -0.05) is 25.2 Å². The summed E-state index contributed by atoms with van der Waals surface area (Å²) < 4.78 is 13.5. The molecular formula is C10H11B3FN. The van der Waals surface area contributed by atoms with Crippen LogP contribution in [0.25, 0.3) is 0 Å². The number of rotatable bonds is 3. The molecule has 5 heteroatoms. The third kappa shape index (κ3) is 3.65. The third-order valence-electron chi connectivity index (χ3n) is 2.01. The van der Waals surface area contributed by atoms with Crippen molar-refractivity contribution in [2.45, 2.75) is 25.0 Å². The lowest BCUT2D eigenvalue weighted by Crippen LogP contribution is -2.40. The van der Waals surface area contributed by atoms with Crippen molar-refractivity contribution in [1.82, 2.24) is 0 Å². The Balaban J connectivity index is 2.94. The maximum atomic E-state index is 13.5. The lowest BCUT2D eigenvalue weighted by molar-refractivity contribution is 0.626. The summed E-state index contributed by atoms with van der Waals surface area (Å²) in [5.74, 6) is -0.140. The minimum Gasteiger partial charge on any atom is -0.402 e. The van der Waals surface area contributed by atoms with Crippen molar-refractivity contribution in [3.63, 3.8) is 0 Å². The molecule has 0 aliphatic rings. The number of benzene rings is 1. The molecule has 15 heavy (non-hydrogen) atoms. The van der Waals surface area contributed by atoms with Gasteiger partial charge < -0.3 is 5.32 Å². The molecule has 1 N–H and O–H groups in total. The van der Waals surface area contributed by atoms with E-state index in [0.29, 0.717) is 0 Å². The molecule has 72 valence electrons. The monoisotopic (exact) mass is 197 g/mol. The van der Waals surface area contributed by atoms with Crippen LogP contribution in [0.4, 0.5) is 10.1 Å². The maximum Gasteiger partial charge on any atom is 0.146 e. The Bertz CT molecular complexity index is 347. The van der Waals surface area contributed by atoms with Crippen LogP contribution in [0.1, 0.15) is 25.3 Å². The van der Waals surface area contributed by atoms with E-state index in [0.717, 1.165) is 5.56 Å². The minimum atomic E-state index is -1.61. The minimum absolute atomic E-state index is 0.201. The van der Waals surface area contributed by atoms with Crippen LogP contribution in [-0.4, -0.2) is 28.8 Å². The summed E-state index contributed by atoms with van der Waals surface area (Å²) in [5, 5.41) is 0.863. The van der Waals surface area contributed by atoms with Gasteiger partial charge in [-0.05, 0) is 23.6 Å². The molecule has 0 heterocycles. The molecule has 6 radical (unpaired) electrons. The van der Waals surface area contributed by atoms with E-state index >= 15 is 0 Å². The third-order valence-corrected chi connectivity index (χ3v) is 2.01. The van der Waals surface area contributed by atoms with Gasteiger partial charge in [0.1, 0.15) is 5.82 Å². The highest BCUT2D eigenvalue weighted by atomic mass is 19.1. The second-order valence-corrected chi connectivity index (χ2v) is 3.95. The molecule has 1 aromatic rings. The first-order valence-corrected chi connectivity index (χ1v) is 4.74. The van der Waals surface area contributed by atoms with Crippen molar-refractivity contribution in [1.29, 1.82) is 0 Å². The molecule has 0 unspecified atom stereocenters. The zero-order valence-electron chi connectivity index (χ0n) is 8.92. The fraction of sp³-hybridized carbons (Fsp3) is 0.400. The number of hydrogen-bond donors (Lipinski definition) is 1. The van der Waals surface area contributed by atoms with Crippen molar-refractivity contribution in [3.05, 3.63) is 29.6 Å². The number of nitrogens with one attached hydrogen (secondary N) is 1. The zero-order chi connectivity index (χ0) is 11.6. The molecule has 1 aromatic carbocycles. The highest BCUT2D eigenvalue weighted by molar-refractivity contribution is 6.60. The van der Waals surface area contributed by atoms with Crippen LogP contribution in [0.2, 0.25) is 0 Å². The van der Waals surface area contributed by atoms with Gasteiger partial charge >= 0.3 is 0 Å². The molecule has 0 aromatic heterocycles. The molecule has 1 rings (SSSR count). The molecule has 0 aliphatic carbocycles. The summed E-state index contributed by atoms with van der Waals surface area (Å²) in [4.78, 5) is 0. The first-order valence-electron chi connectivity index (χ1n) is 4.74. The van der Waals surface area contributed by atoms with Crippen LogP contribution in [0, 0.1) is 5.82 Å². The Labute approximate surface area is 94.1 Å². The van der Waals surface area contributed by atoms with Gasteiger partial charge in [-0.15, -0.1) is 0 Å². The predicted molar refractivity (Wildman–Crippen MR) is 64.1 cm³/mol. The molecular weight excluding hydrogens is 186 g/mol. The lowest BCUT2D eigenvalue weighted by atomic mass is 9.49. The highest BCUT2D eigenvalue weighted by Crippen LogP contribution is 2.21. The maximum absolute atomic E-state index is 13.5. The first kappa shape index (κ1) is 12.2. The number of halogens is 1. The fourth-order valence-electron chi connectivity index (χ4n) is 1.23. The normalized spacial score (nSPS) is 11.7. The average molecular weight is 197 g/mol. The van der Waals surface area contributed by atoms with Crippen LogP contribution in [-0.2, 0) is 0 Å². The number of anilines is 1. The summed E-state index contributed by atoms with van der Waals surface area (Å²) in [6.45, 7) is 3.97. The Morgan fingerprint density at radius 3 is 2.27 bits per heavy atom. The van der Waals surface area contributed by atoms with E-state index in [9.17, 15) is 4.39 Å². The highest BCUT2D eigenvalue weighted by Gasteiger charge is 2.12. The average Bonchev–Trinajstić information content (AvgIpc) is 2.05. The van der Waals surface area contributed by atoms with E-state index in [1.807, 2.05) is 19.9 Å². The molecule has 0 saturated carbocycles. The van der Waals surface area contributed by atoms with Crippen molar-refractivity contribution >= 4 is 29.2 Å². The Morgan fingerprint density at radius 2 is 1.87 bits per heavy atom. The topological polar surface area (TPSA) is 12.0 Å². The predicted octanol–water partition coefficient (Wildman–Crippen LogP) is 1.48. The molecule has 0 saturated heterocycles. The van der Waals surface area contributed by atoms with Crippen molar-refractivity contribution in [2.75, 3.05) is 5.32 Å². The zero-order valence-corrected chi connectivity index (χ0v) is 8.92. The molecule has 0 bridgehead atoms. The van der Waals surface area contributed by atoms with Crippen molar-refractivity contribution in [2.24, 2.45) is 0 Å². The molecule has 0 atom stereocenters. The Hall–Kier alpha value is -0.855. The lowest BCUT2D eigenvalue weighted by Gasteiger charge is -2.24. The van der Waals surface area contributed by atoms with Gasteiger partial charge in [0.15, 0.2) is 0 Å². The molecule has 0 spiro atoms. The van der Waals surface area contributed by atoms with E-state index in [-0.39, 0.29) is 11.6 Å². The van der Waals surface area contributed by atoms with Gasteiger partial charge in [0, 0.05) is 0 Å². The second-order valence-electron chi connectivity index (χ2n) is 3.95. The summed E-state index contributed by atoms with van der Waals surface area (Å²) in [5.41, 5.74) is 1.11. The standard InChI is InChI=1S/C10H11B3FN/c1-6(2)7-3-4-9(8(14)5-7)15-10(11,12)13/h3-6,15H,1-2H3. The number of hydrogen-bond acceptors (Lipinski definition) is 1. The Kier molecular flexibility index (Phi) is 3.53. The largest absolute Gasteiger partial charge is 0.402 e. The van der Waals surface area contributed by atoms with Gasteiger partial charge in [0.05, 0.1) is 29.2 Å². The first-order chi connectivity index (χ1) is 6.79. The van der Waals surface area contributed by atoms with Gasteiger partial charge in [-0.2, -0.15) is 0 Å². The summed E-state index contributed by atoms with van der Waals surface area (Å²) in [7, 11) is 15.9. The molecule has 0 aliphatic heterocycles. The second kappa shape index (κ2) is 4.34. The van der Waals surface area contributed by atoms with E-state index in [1.165, 1.54) is 6.07 Å². The molecule has 1 nitrogen and oxygen atoms in total. The van der Waals surface area contributed by atoms with Crippen LogP contribution in [0.3, 0.4) is 0 Å². The van der Waals surface area contributed by atoms with Gasteiger partial charge in [-0.3, -0.25) is 0 Å². The molecule has 0 fully saturated rings. The van der Waals surface area contributed by atoms with Crippen LogP contribution >= 0.6 is 0 Å². The van der Waals surface area contributed by atoms with Gasteiger partial charge in [-0.25, -0.2) is 4.39 Å². The summed E-state index contributed by atoms with van der Waals surface area (Å²) >= 11 is 0. The van der Waals surface area contributed by atoms with Crippen LogP contribution in [0.5, 0.6) is 0 Å².